The Labute approximate surface area is 93.6 Å². The second-order valence-corrected chi connectivity index (χ2v) is 4.99. The van der Waals surface area contributed by atoms with Crippen molar-refractivity contribution >= 4 is 5.78 Å². The fourth-order valence-corrected chi connectivity index (χ4v) is 0.808. The molecule has 0 spiro atoms. The van der Waals surface area contributed by atoms with Gasteiger partial charge in [0.2, 0.25) is 0 Å². The minimum atomic E-state index is -0.280. The van der Waals surface area contributed by atoms with Crippen molar-refractivity contribution in [2.75, 3.05) is 0 Å². The molecule has 0 radical (unpaired) electrons. The van der Waals surface area contributed by atoms with E-state index < -0.39 is 0 Å². The van der Waals surface area contributed by atoms with Crippen LogP contribution in [0.5, 0.6) is 0 Å². The number of carbonyl (C=O) groups is 1. The molecule has 0 saturated heterocycles. The third-order valence-electron chi connectivity index (χ3n) is 1.82. The van der Waals surface area contributed by atoms with Gasteiger partial charge in [-0.05, 0) is 12.0 Å². The van der Waals surface area contributed by atoms with Gasteiger partial charge in [-0.25, -0.2) is 0 Å². The smallest absolute Gasteiger partial charge is 0.160 e. The SMILES string of the molecule is CC(C)/C=C/C=C/C=C/C(=O)C(C)(C)C. The average Bonchev–Trinajstić information content (AvgIpc) is 2.08. The van der Waals surface area contributed by atoms with Gasteiger partial charge in [-0.15, -0.1) is 0 Å². The van der Waals surface area contributed by atoms with E-state index in [4.69, 9.17) is 0 Å². The lowest BCUT2D eigenvalue weighted by atomic mass is 9.91. The van der Waals surface area contributed by atoms with Crippen molar-refractivity contribution in [2.24, 2.45) is 11.3 Å². The summed E-state index contributed by atoms with van der Waals surface area (Å²) >= 11 is 0. The van der Waals surface area contributed by atoms with Crippen molar-refractivity contribution in [3.63, 3.8) is 0 Å². The molecule has 0 aromatic rings. The summed E-state index contributed by atoms with van der Waals surface area (Å²) in [6.07, 6.45) is 11.3. The van der Waals surface area contributed by atoms with Gasteiger partial charge in [0.05, 0.1) is 0 Å². The molecule has 15 heavy (non-hydrogen) atoms. The highest BCUT2D eigenvalue weighted by molar-refractivity contribution is 5.94. The first kappa shape index (κ1) is 13.9. The summed E-state index contributed by atoms with van der Waals surface area (Å²) < 4.78 is 0. The van der Waals surface area contributed by atoms with Crippen molar-refractivity contribution in [2.45, 2.75) is 34.6 Å². The molecule has 0 rings (SSSR count). The molecule has 0 N–H and O–H groups in total. The van der Waals surface area contributed by atoms with Crippen LogP contribution in [0.3, 0.4) is 0 Å². The minimum absolute atomic E-state index is 0.153. The maximum Gasteiger partial charge on any atom is 0.160 e. The van der Waals surface area contributed by atoms with Gasteiger partial charge in [0.15, 0.2) is 5.78 Å². The summed E-state index contributed by atoms with van der Waals surface area (Å²) in [5.74, 6) is 0.717. The first-order valence-corrected chi connectivity index (χ1v) is 5.40. The first-order valence-electron chi connectivity index (χ1n) is 5.40. The molecule has 0 saturated carbocycles. The van der Waals surface area contributed by atoms with Crippen molar-refractivity contribution in [3.8, 4) is 0 Å². The molecule has 84 valence electrons. The molecule has 0 aromatic carbocycles. The summed E-state index contributed by atoms with van der Waals surface area (Å²) in [7, 11) is 0. The fourth-order valence-electron chi connectivity index (χ4n) is 0.808. The first-order chi connectivity index (χ1) is 6.84. The second-order valence-electron chi connectivity index (χ2n) is 4.99. The van der Waals surface area contributed by atoms with Crippen LogP contribution >= 0.6 is 0 Å². The van der Waals surface area contributed by atoms with Gasteiger partial charge >= 0.3 is 0 Å². The maximum absolute atomic E-state index is 11.5. The molecule has 0 heterocycles. The summed E-state index contributed by atoms with van der Waals surface area (Å²) in [4.78, 5) is 11.5. The molecule has 1 heteroatoms. The van der Waals surface area contributed by atoms with E-state index in [1.807, 2.05) is 39.0 Å². The van der Waals surface area contributed by atoms with Crippen LogP contribution in [0.25, 0.3) is 0 Å². The van der Waals surface area contributed by atoms with Gasteiger partial charge in [-0.1, -0.05) is 65.0 Å². The van der Waals surface area contributed by atoms with Crippen LogP contribution in [-0.4, -0.2) is 5.78 Å². The Bertz CT molecular complexity index is 272. The number of hydrogen-bond donors (Lipinski definition) is 0. The molecule has 0 unspecified atom stereocenters. The Balaban J connectivity index is 4.06. The Morgan fingerprint density at radius 1 is 1.00 bits per heavy atom. The van der Waals surface area contributed by atoms with Crippen LogP contribution in [0.4, 0.5) is 0 Å². The van der Waals surface area contributed by atoms with E-state index in [2.05, 4.69) is 19.9 Å². The Kier molecular flexibility index (Phi) is 5.92. The number of carbonyl (C=O) groups excluding carboxylic acids is 1. The lowest BCUT2D eigenvalue weighted by molar-refractivity contribution is -0.121. The van der Waals surface area contributed by atoms with Crippen LogP contribution in [0.1, 0.15) is 34.6 Å². The molecule has 0 amide bonds. The van der Waals surface area contributed by atoms with Gasteiger partial charge in [-0.3, -0.25) is 4.79 Å². The van der Waals surface area contributed by atoms with Gasteiger partial charge in [0.25, 0.3) is 0 Å². The normalized spacial score (nSPS) is 13.7. The predicted octanol–water partition coefficient (Wildman–Crippen LogP) is 3.93. The zero-order valence-corrected chi connectivity index (χ0v) is 10.4. The van der Waals surface area contributed by atoms with Crippen LogP contribution in [-0.2, 0) is 4.79 Å². The minimum Gasteiger partial charge on any atom is -0.294 e. The number of hydrogen-bond acceptors (Lipinski definition) is 1. The molecular formula is C14H22O. The molecule has 0 aliphatic heterocycles. The number of ketones is 1. The van der Waals surface area contributed by atoms with Crippen LogP contribution in [0.2, 0.25) is 0 Å². The van der Waals surface area contributed by atoms with Crippen molar-refractivity contribution in [1.29, 1.82) is 0 Å². The summed E-state index contributed by atoms with van der Waals surface area (Å²) in [5, 5.41) is 0. The van der Waals surface area contributed by atoms with Gasteiger partial charge in [0.1, 0.15) is 0 Å². The van der Waals surface area contributed by atoms with Gasteiger partial charge < -0.3 is 0 Å². The average molecular weight is 206 g/mol. The number of allylic oxidation sites excluding steroid dienone is 6. The molecule has 0 fully saturated rings. The van der Waals surface area contributed by atoms with Gasteiger partial charge in [0, 0.05) is 5.41 Å². The highest BCUT2D eigenvalue weighted by atomic mass is 16.1. The van der Waals surface area contributed by atoms with E-state index in [-0.39, 0.29) is 11.2 Å². The van der Waals surface area contributed by atoms with Crippen molar-refractivity contribution in [1.82, 2.24) is 0 Å². The topological polar surface area (TPSA) is 17.1 Å². The van der Waals surface area contributed by atoms with Gasteiger partial charge in [-0.2, -0.15) is 0 Å². The molecule has 0 aliphatic carbocycles. The Morgan fingerprint density at radius 2 is 1.53 bits per heavy atom. The summed E-state index contributed by atoms with van der Waals surface area (Å²) in [6, 6.07) is 0. The lowest BCUT2D eigenvalue weighted by Gasteiger charge is -2.12. The second kappa shape index (κ2) is 6.39. The quantitative estimate of drug-likeness (QED) is 0.503. The zero-order chi connectivity index (χ0) is 11.9. The molecule has 0 aliphatic rings. The number of rotatable bonds is 4. The highest BCUT2D eigenvalue weighted by Gasteiger charge is 2.17. The summed E-state index contributed by atoms with van der Waals surface area (Å²) in [6.45, 7) is 10.0. The summed E-state index contributed by atoms with van der Waals surface area (Å²) in [5.41, 5.74) is -0.280. The van der Waals surface area contributed by atoms with Crippen molar-refractivity contribution < 1.29 is 4.79 Å². The van der Waals surface area contributed by atoms with Crippen molar-refractivity contribution in [3.05, 3.63) is 36.5 Å². The van der Waals surface area contributed by atoms with E-state index in [9.17, 15) is 4.79 Å². The van der Waals surface area contributed by atoms with E-state index in [0.717, 1.165) is 0 Å². The Hall–Kier alpha value is -1.11. The fraction of sp³-hybridized carbons (Fsp3) is 0.500. The third kappa shape index (κ3) is 7.92. The maximum atomic E-state index is 11.5. The predicted molar refractivity (Wildman–Crippen MR) is 66.7 cm³/mol. The molecule has 1 nitrogen and oxygen atoms in total. The van der Waals surface area contributed by atoms with Crippen LogP contribution in [0.15, 0.2) is 36.5 Å². The molecule has 0 aromatic heterocycles. The zero-order valence-electron chi connectivity index (χ0n) is 10.4. The Morgan fingerprint density at radius 3 is 2.00 bits per heavy atom. The molecule has 0 atom stereocenters. The monoisotopic (exact) mass is 206 g/mol. The van der Waals surface area contributed by atoms with E-state index in [1.54, 1.807) is 12.2 Å². The van der Waals surface area contributed by atoms with Crippen LogP contribution in [0, 0.1) is 11.3 Å². The third-order valence-corrected chi connectivity index (χ3v) is 1.82. The highest BCUT2D eigenvalue weighted by Crippen LogP contribution is 2.14. The largest absolute Gasteiger partial charge is 0.294 e. The van der Waals surface area contributed by atoms with E-state index >= 15 is 0 Å². The van der Waals surface area contributed by atoms with E-state index in [0.29, 0.717) is 5.92 Å². The standard InChI is InChI=1S/C14H22O/c1-12(2)10-8-6-7-9-11-13(15)14(3,4)5/h6-12H,1-5H3/b7-6+,10-8+,11-9+. The van der Waals surface area contributed by atoms with Crippen LogP contribution < -0.4 is 0 Å². The molecular weight excluding hydrogens is 184 g/mol. The molecule has 0 bridgehead atoms. The van der Waals surface area contributed by atoms with E-state index in [1.165, 1.54) is 0 Å². The lowest BCUT2D eigenvalue weighted by Crippen LogP contribution is -2.17.